The molecule has 3 aromatic rings. The molecular weight excluding hydrogens is 517 g/mol. The van der Waals surface area contributed by atoms with Gasteiger partial charge in [0.1, 0.15) is 23.9 Å². The highest BCUT2D eigenvalue weighted by molar-refractivity contribution is 9.11. The molecule has 0 unspecified atom stereocenters. The first-order valence-electron chi connectivity index (χ1n) is 8.94. The van der Waals surface area contributed by atoms with Crippen LogP contribution in [0.3, 0.4) is 0 Å². The van der Waals surface area contributed by atoms with Crippen molar-refractivity contribution in [3.63, 3.8) is 0 Å². The summed E-state index contributed by atoms with van der Waals surface area (Å²) in [5.74, 6) is -0.240. The Morgan fingerprint density at radius 1 is 1.00 bits per heavy atom. The van der Waals surface area contributed by atoms with Gasteiger partial charge in [0.25, 0.3) is 0 Å². The number of oxime groups is 1. The summed E-state index contributed by atoms with van der Waals surface area (Å²) < 4.78 is 20.6. The van der Waals surface area contributed by atoms with Crippen LogP contribution in [0.25, 0.3) is 6.08 Å². The fourth-order valence-electron chi connectivity index (χ4n) is 2.96. The highest BCUT2D eigenvalue weighted by Crippen LogP contribution is 2.36. The van der Waals surface area contributed by atoms with Gasteiger partial charge in [0, 0.05) is 5.56 Å². The van der Waals surface area contributed by atoms with E-state index in [0.29, 0.717) is 26.0 Å². The van der Waals surface area contributed by atoms with E-state index in [1.807, 2.05) is 42.5 Å². The summed E-state index contributed by atoms with van der Waals surface area (Å²) in [4.78, 5) is 17.1. The largest absolute Gasteiger partial charge is 0.487 e. The average molecular weight is 531 g/mol. The maximum atomic E-state index is 13.4. The second-order valence-electron chi connectivity index (χ2n) is 6.47. The number of carbonyl (C=O) groups excluding carboxylic acids is 1. The average Bonchev–Trinajstić information content (AvgIpc) is 3.08. The zero-order valence-corrected chi connectivity index (χ0v) is 18.6. The summed E-state index contributed by atoms with van der Waals surface area (Å²) in [6.45, 7) is 0.215. The zero-order valence-electron chi connectivity index (χ0n) is 15.4. The fraction of sp³-hybridized carbons (Fsp3) is 0.0435. The van der Waals surface area contributed by atoms with Gasteiger partial charge in [-0.3, -0.25) is 0 Å². The molecule has 0 aliphatic carbocycles. The first kappa shape index (κ1) is 20.5. The smallest absolute Gasteiger partial charge is 0.368 e. The number of rotatable bonds is 5. The molecule has 0 spiro atoms. The van der Waals surface area contributed by atoms with Crippen LogP contribution in [0.15, 0.2) is 86.4 Å². The fourth-order valence-corrected chi connectivity index (χ4v) is 4.41. The van der Waals surface area contributed by atoms with E-state index >= 15 is 0 Å². The van der Waals surface area contributed by atoms with Crippen molar-refractivity contribution in [3.8, 4) is 5.75 Å². The van der Waals surface area contributed by atoms with Crippen molar-refractivity contribution in [2.45, 2.75) is 6.61 Å². The molecule has 1 aliphatic rings. The Morgan fingerprint density at radius 2 is 1.73 bits per heavy atom. The van der Waals surface area contributed by atoms with Crippen LogP contribution in [0, 0.1) is 5.82 Å². The minimum atomic E-state index is -0.507. The predicted molar refractivity (Wildman–Crippen MR) is 120 cm³/mol. The third kappa shape index (κ3) is 4.52. The summed E-state index contributed by atoms with van der Waals surface area (Å²) in [7, 11) is 0. The van der Waals surface area contributed by atoms with E-state index in [4.69, 9.17) is 9.57 Å². The van der Waals surface area contributed by atoms with Gasteiger partial charge in [-0.1, -0.05) is 47.6 Å². The maximum absolute atomic E-state index is 13.4. The Bertz CT molecular complexity index is 1150. The third-order valence-electron chi connectivity index (χ3n) is 4.35. The van der Waals surface area contributed by atoms with Crippen LogP contribution in [0.2, 0.25) is 0 Å². The van der Waals surface area contributed by atoms with Crippen LogP contribution in [-0.2, 0) is 16.2 Å². The minimum absolute atomic E-state index is 0.215. The molecule has 3 aromatic carbocycles. The molecule has 7 heteroatoms. The van der Waals surface area contributed by atoms with Crippen molar-refractivity contribution < 1.29 is 18.8 Å². The molecule has 0 saturated carbocycles. The molecule has 0 N–H and O–H groups in total. The van der Waals surface area contributed by atoms with E-state index in [1.165, 1.54) is 12.1 Å². The van der Waals surface area contributed by atoms with Crippen LogP contribution in [0.4, 0.5) is 4.39 Å². The molecule has 0 aromatic heterocycles. The molecule has 0 bridgehead atoms. The second kappa shape index (κ2) is 8.93. The predicted octanol–water partition coefficient (Wildman–Crippen LogP) is 6.27. The normalized spacial score (nSPS) is 14.6. The Balaban J connectivity index is 1.59. The van der Waals surface area contributed by atoms with E-state index in [9.17, 15) is 9.18 Å². The van der Waals surface area contributed by atoms with Crippen molar-refractivity contribution in [1.29, 1.82) is 0 Å². The van der Waals surface area contributed by atoms with E-state index in [1.54, 1.807) is 18.2 Å². The SMILES string of the molecule is O=C1ON=C(c2ccccc2)/C1=C/c1cc(Br)c(OCc2cccc(F)c2)c(Br)c1. The molecule has 4 nitrogen and oxygen atoms in total. The Labute approximate surface area is 189 Å². The summed E-state index contributed by atoms with van der Waals surface area (Å²) in [5, 5.41) is 3.92. The number of nitrogens with zero attached hydrogens (tertiary/aromatic N) is 1. The van der Waals surface area contributed by atoms with Crippen LogP contribution >= 0.6 is 31.9 Å². The first-order chi connectivity index (χ1) is 14.5. The Hall–Kier alpha value is -2.77. The highest BCUT2D eigenvalue weighted by atomic mass is 79.9. The summed E-state index contributed by atoms with van der Waals surface area (Å²) >= 11 is 7.01. The quantitative estimate of drug-likeness (QED) is 0.288. The van der Waals surface area contributed by atoms with Crippen molar-refractivity contribution in [1.82, 2.24) is 0 Å². The van der Waals surface area contributed by atoms with Gasteiger partial charge in [-0.2, -0.15) is 0 Å². The first-order valence-corrected chi connectivity index (χ1v) is 10.5. The van der Waals surface area contributed by atoms with E-state index in [2.05, 4.69) is 37.0 Å². The summed E-state index contributed by atoms with van der Waals surface area (Å²) in [5.41, 5.74) is 3.12. The number of halogens is 3. The van der Waals surface area contributed by atoms with Gasteiger partial charge >= 0.3 is 5.97 Å². The third-order valence-corrected chi connectivity index (χ3v) is 5.52. The van der Waals surface area contributed by atoms with Gasteiger partial charge in [-0.15, -0.1) is 0 Å². The molecule has 30 heavy (non-hydrogen) atoms. The van der Waals surface area contributed by atoms with Crippen molar-refractivity contribution in [3.05, 3.63) is 104 Å². The van der Waals surface area contributed by atoms with E-state index in [-0.39, 0.29) is 12.4 Å². The standard InChI is InChI=1S/C23H14Br2FNO3/c24-19-11-15(10-18-21(27-30-23(18)28)16-6-2-1-3-7-16)12-20(25)22(19)29-13-14-5-4-8-17(26)9-14/h1-12H,13H2/b18-10-. The molecule has 4 rings (SSSR count). The maximum Gasteiger partial charge on any atom is 0.368 e. The molecule has 0 amide bonds. The van der Waals surface area contributed by atoms with Gasteiger partial charge in [0.05, 0.1) is 14.5 Å². The summed E-state index contributed by atoms with van der Waals surface area (Å²) in [6.07, 6.45) is 1.72. The molecule has 150 valence electrons. The van der Waals surface area contributed by atoms with Crippen LogP contribution < -0.4 is 4.74 Å². The Kier molecular flexibility index (Phi) is 6.11. The highest BCUT2D eigenvalue weighted by Gasteiger charge is 2.26. The summed E-state index contributed by atoms with van der Waals surface area (Å²) in [6, 6.07) is 19.3. The lowest BCUT2D eigenvalue weighted by atomic mass is 10.0. The molecule has 0 radical (unpaired) electrons. The van der Waals surface area contributed by atoms with Crippen LogP contribution in [-0.4, -0.2) is 11.7 Å². The van der Waals surface area contributed by atoms with E-state index < -0.39 is 5.97 Å². The van der Waals surface area contributed by atoms with Gasteiger partial charge in [0.2, 0.25) is 0 Å². The monoisotopic (exact) mass is 529 g/mol. The molecule has 1 heterocycles. The topological polar surface area (TPSA) is 47.9 Å². The number of benzene rings is 3. The van der Waals surface area contributed by atoms with Gasteiger partial charge in [0.15, 0.2) is 0 Å². The Morgan fingerprint density at radius 3 is 2.43 bits per heavy atom. The molecule has 0 saturated heterocycles. The number of hydrogen-bond acceptors (Lipinski definition) is 4. The van der Waals surface area contributed by atoms with E-state index in [0.717, 1.165) is 16.7 Å². The van der Waals surface area contributed by atoms with Crippen LogP contribution in [0.1, 0.15) is 16.7 Å². The zero-order chi connectivity index (χ0) is 21.1. The molecule has 0 fully saturated rings. The van der Waals surface area contributed by atoms with Gasteiger partial charge in [-0.25, -0.2) is 9.18 Å². The molecule has 1 aliphatic heterocycles. The van der Waals surface area contributed by atoms with Gasteiger partial charge < -0.3 is 9.57 Å². The van der Waals surface area contributed by atoms with Crippen molar-refractivity contribution >= 4 is 49.6 Å². The van der Waals surface area contributed by atoms with Crippen molar-refractivity contribution in [2.24, 2.45) is 5.16 Å². The minimum Gasteiger partial charge on any atom is -0.487 e. The van der Waals surface area contributed by atoms with Crippen LogP contribution in [0.5, 0.6) is 5.75 Å². The van der Waals surface area contributed by atoms with Gasteiger partial charge in [-0.05, 0) is 73.3 Å². The number of ether oxygens (including phenoxy) is 1. The lowest BCUT2D eigenvalue weighted by Crippen LogP contribution is -2.06. The molecular formula is C23H14Br2FNO3. The number of carbonyl (C=O) groups is 1. The van der Waals surface area contributed by atoms with Crippen molar-refractivity contribution in [2.75, 3.05) is 0 Å². The molecule has 0 atom stereocenters. The lowest BCUT2D eigenvalue weighted by Gasteiger charge is -2.12. The second-order valence-corrected chi connectivity index (χ2v) is 8.18. The number of hydrogen-bond donors (Lipinski definition) is 0. The lowest BCUT2D eigenvalue weighted by molar-refractivity contribution is -0.136.